The van der Waals surface area contributed by atoms with Gasteiger partial charge in [0.2, 0.25) is 0 Å². The van der Waals surface area contributed by atoms with Crippen LogP contribution < -0.4 is 9.80 Å². The van der Waals surface area contributed by atoms with Gasteiger partial charge in [-0.05, 0) is 49.1 Å². The number of rotatable bonds is 3. The number of halogens is 3. The lowest BCUT2D eigenvalue weighted by molar-refractivity contribution is -0.137. The lowest BCUT2D eigenvalue weighted by Gasteiger charge is -2.36. The monoisotopic (exact) mass is 482 g/mol. The summed E-state index contributed by atoms with van der Waals surface area (Å²) in [6.45, 7) is 2.70. The summed E-state index contributed by atoms with van der Waals surface area (Å²) in [5.74, 6) is 2.18. The summed E-state index contributed by atoms with van der Waals surface area (Å²) in [6.07, 6.45) is 3.34. The van der Waals surface area contributed by atoms with Gasteiger partial charge in [0.1, 0.15) is 16.5 Å². The first kappa shape index (κ1) is 21.3. The molecule has 0 spiro atoms. The maximum absolute atomic E-state index is 12.9. The number of nitrogens with zero attached hydrogens (tertiary/aromatic N) is 6. The van der Waals surface area contributed by atoms with E-state index in [9.17, 15) is 13.2 Å². The van der Waals surface area contributed by atoms with Crippen molar-refractivity contribution < 1.29 is 13.2 Å². The van der Waals surface area contributed by atoms with E-state index in [2.05, 4.69) is 14.9 Å². The molecular weight excluding hydrogens is 461 g/mol. The van der Waals surface area contributed by atoms with E-state index in [1.807, 2.05) is 17.0 Å². The molecule has 1 saturated heterocycles. The van der Waals surface area contributed by atoms with Crippen LogP contribution in [0.2, 0.25) is 0 Å². The summed E-state index contributed by atoms with van der Waals surface area (Å²) in [4.78, 5) is 24.9. The Hall–Kier alpha value is -3.27. The van der Waals surface area contributed by atoms with Crippen LogP contribution in [0.1, 0.15) is 22.4 Å². The van der Waals surface area contributed by atoms with E-state index >= 15 is 0 Å². The number of alkyl halides is 3. The van der Waals surface area contributed by atoms with E-state index in [1.54, 1.807) is 23.7 Å². The van der Waals surface area contributed by atoms with Crippen molar-refractivity contribution in [2.75, 3.05) is 36.0 Å². The third kappa shape index (κ3) is 3.75. The average Bonchev–Trinajstić information content (AvgIpc) is 3.45. The summed E-state index contributed by atoms with van der Waals surface area (Å²) >= 11 is 1.76. The number of piperazine rings is 1. The second-order valence-corrected chi connectivity index (χ2v) is 9.61. The quantitative estimate of drug-likeness (QED) is 0.411. The molecule has 2 aliphatic rings. The highest BCUT2D eigenvalue weighted by Gasteiger charge is 2.31. The van der Waals surface area contributed by atoms with Crippen molar-refractivity contribution in [2.24, 2.45) is 0 Å². The molecule has 0 saturated carbocycles. The van der Waals surface area contributed by atoms with Crippen LogP contribution in [-0.4, -0.2) is 46.1 Å². The molecule has 1 aliphatic heterocycles. The number of hydrogen-bond donors (Lipinski definition) is 0. The zero-order valence-electron chi connectivity index (χ0n) is 18.2. The predicted molar refractivity (Wildman–Crippen MR) is 126 cm³/mol. The molecule has 6 nitrogen and oxygen atoms in total. The van der Waals surface area contributed by atoms with Crippen molar-refractivity contribution in [1.82, 2.24) is 19.9 Å². The van der Waals surface area contributed by atoms with Crippen molar-refractivity contribution in [3.8, 4) is 11.4 Å². The molecule has 0 N–H and O–H groups in total. The van der Waals surface area contributed by atoms with Gasteiger partial charge in [-0.25, -0.2) is 15.0 Å². The van der Waals surface area contributed by atoms with Crippen molar-refractivity contribution in [3.63, 3.8) is 0 Å². The number of hydrogen-bond acceptors (Lipinski definition) is 7. The first-order valence-corrected chi connectivity index (χ1v) is 12.0. The minimum Gasteiger partial charge on any atom is -0.353 e. The molecule has 4 aromatic heterocycles. The summed E-state index contributed by atoms with van der Waals surface area (Å²) in [5, 5.41) is 1.16. The lowest BCUT2D eigenvalue weighted by atomic mass is 10.1. The fourth-order valence-corrected chi connectivity index (χ4v) is 5.97. The topological polar surface area (TPSA) is 58.0 Å². The molecule has 34 heavy (non-hydrogen) atoms. The molecule has 1 aliphatic carbocycles. The summed E-state index contributed by atoms with van der Waals surface area (Å²) in [7, 11) is 0. The average molecular weight is 483 g/mol. The van der Waals surface area contributed by atoms with Crippen LogP contribution in [0.15, 0.2) is 42.9 Å². The molecule has 0 unspecified atom stereocenters. The van der Waals surface area contributed by atoms with Gasteiger partial charge in [-0.2, -0.15) is 13.2 Å². The van der Waals surface area contributed by atoms with E-state index in [1.165, 1.54) is 16.5 Å². The molecule has 6 rings (SSSR count). The van der Waals surface area contributed by atoms with Crippen molar-refractivity contribution >= 4 is 33.2 Å². The van der Waals surface area contributed by atoms with Gasteiger partial charge < -0.3 is 9.80 Å². The first-order chi connectivity index (χ1) is 16.5. The normalized spacial score (nSPS) is 16.3. The zero-order valence-corrected chi connectivity index (χ0v) is 19.0. The molecule has 0 radical (unpaired) electrons. The Kier molecular flexibility index (Phi) is 5.13. The maximum atomic E-state index is 12.9. The fraction of sp³-hybridized carbons (Fsp3) is 0.333. The lowest BCUT2D eigenvalue weighted by Crippen LogP contribution is -2.47. The highest BCUT2D eigenvalue weighted by Crippen LogP contribution is 2.41. The Bertz CT molecular complexity index is 1330. The van der Waals surface area contributed by atoms with Crippen molar-refractivity contribution in [2.45, 2.75) is 25.4 Å². The van der Waals surface area contributed by atoms with Crippen LogP contribution in [0.3, 0.4) is 0 Å². The van der Waals surface area contributed by atoms with E-state index in [0.717, 1.165) is 53.1 Å². The molecule has 4 aromatic rings. The molecule has 174 valence electrons. The highest BCUT2D eigenvalue weighted by molar-refractivity contribution is 7.19. The molecule has 0 bridgehead atoms. The third-order valence-corrected chi connectivity index (χ3v) is 7.63. The molecule has 5 heterocycles. The van der Waals surface area contributed by atoms with Crippen molar-refractivity contribution in [1.29, 1.82) is 0 Å². The first-order valence-electron chi connectivity index (χ1n) is 11.2. The summed E-state index contributed by atoms with van der Waals surface area (Å²) < 4.78 is 38.6. The van der Waals surface area contributed by atoms with Crippen LogP contribution in [0, 0.1) is 0 Å². The molecular formula is C24H21F3N6S. The standard InChI is InChI=1S/C24H21F3N6S/c25-24(26,27)16-6-7-19(29-14-16)32-9-11-33(12-10-32)22-20-17-4-1-5-18(17)34-23(20)31-21(30-22)15-3-2-8-28-13-15/h2-3,6-8,13-14H,1,4-5,9-12H2. The van der Waals surface area contributed by atoms with Crippen LogP contribution in [0.5, 0.6) is 0 Å². The second kappa shape index (κ2) is 8.19. The van der Waals surface area contributed by atoms with E-state index in [0.29, 0.717) is 37.8 Å². The van der Waals surface area contributed by atoms with Gasteiger partial charge in [0.25, 0.3) is 0 Å². The Morgan fingerprint density at radius 2 is 1.74 bits per heavy atom. The van der Waals surface area contributed by atoms with Gasteiger partial charge in [0, 0.05) is 55.2 Å². The van der Waals surface area contributed by atoms with E-state index in [-0.39, 0.29) is 0 Å². The molecule has 0 atom stereocenters. The minimum absolute atomic E-state index is 0.563. The van der Waals surface area contributed by atoms with Crippen LogP contribution in [0.25, 0.3) is 21.6 Å². The van der Waals surface area contributed by atoms with Gasteiger partial charge in [0.15, 0.2) is 5.82 Å². The largest absolute Gasteiger partial charge is 0.417 e. The Labute approximate surface area is 198 Å². The Balaban J connectivity index is 1.31. The number of aryl methyl sites for hydroxylation is 2. The minimum atomic E-state index is -4.38. The van der Waals surface area contributed by atoms with Gasteiger partial charge in [-0.15, -0.1) is 11.3 Å². The molecule has 1 fully saturated rings. The van der Waals surface area contributed by atoms with Crippen LogP contribution in [0.4, 0.5) is 24.8 Å². The molecule has 0 amide bonds. The number of thiophene rings is 1. The number of anilines is 2. The third-order valence-electron chi connectivity index (χ3n) is 6.44. The number of pyridine rings is 2. The molecule has 0 aromatic carbocycles. The van der Waals surface area contributed by atoms with Crippen molar-refractivity contribution in [3.05, 3.63) is 58.9 Å². The predicted octanol–water partition coefficient (Wildman–Crippen LogP) is 4.98. The van der Waals surface area contributed by atoms with E-state index < -0.39 is 11.7 Å². The summed E-state index contributed by atoms with van der Waals surface area (Å²) in [5.41, 5.74) is 1.53. The van der Waals surface area contributed by atoms with E-state index in [4.69, 9.17) is 9.97 Å². The Morgan fingerprint density at radius 3 is 2.44 bits per heavy atom. The SMILES string of the molecule is FC(F)(F)c1ccc(N2CCN(c3nc(-c4cccnc4)nc4sc5c(c34)CCC5)CC2)nc1. The Morgan fingerprint density at radius 1 is 0.912 bits per heavy atom. The highest BCUT2D eigenvalue weighted by atomic mass is 32.1. The second-order valence-electron chi connectivity index (χ2n) is 8.53. The van der Waals surface area contributed by atoms with Crippen LogP contribution in [-0.2, 0) is 19.0 Å². The maximum Gasteiger partial charge on any atom is 0.417 e. The van der Waals surface area contributed by atoms with Gasteiger partial charge in [-0.3, -0.25) is 4.98 Å². The van der Waals surface area contributed by atoms with Gasteiger partial charge in [-0.1, -0.05) is 0 Å². The van der Waals surface area contributed by atoms with Gasteiger partial charge in [0.05, 0.1) is 10.9 Å². The number of fused-ring (bicyclic) bond motifs is 3. The van der Waals surface area contributed by atoms with Gasteiger partial charge >= 0.3 is 6.18 Å². The zero-order chi connectivity index (χ0) is 23.3. The summed E-state index contributed by atoms with van der Waals surface area (Å²) in [6, 6.07) is 6.39. The fourth-order valence-electron chi connectivity index (χ4n) is 4.72. The smallest absolute Gasteiger partial charge is 0.353 e. The number of aromatic nitrogens is 4. The van der Waals surface area contributed by atoms with Crippen LogP contribution >= 0.6 is 11.3 Å². The molecule has 10 heteroatoms.